The van der Waals surface area contributed by atoms with Crippen molar-refractivity contribution in [2.45, 2.75) is 13.5 Å². The van der Waals surface area contributed by atoms with E-state index in [0.717, 1.165) is 0 Å². The van der Waals surface area contributed by atoms with Gasteiger partial charge in [0.1, 0.15) is 5.82 Å². The van der Waals surface area contributed by atoms with E-state index in [1.54, 1.807) is 0 Å². The fourth-order valence-electron chi connectivity index (χ4n) is 1.62. The molecule has 0 aliphatic rings. The van der Waals surface area contributed by atoms with Crippen LogP contribution in [-0.2, 0) is 11.3 Å². The Kier molecular flexibility index (Phi) is 4.07. The summed E-state index contributed by atoms with van der Waals surface area (Å²) >= 11 is 0. The molecule has 0 fully saturated rings. The van der Waals surface area contributed by atoms with E-state index in [9.17, 15) is 4.79 Å². The molecule has 1 N–H and O–H groups in total. The molecule has 0 radical (unpaired) electrons. The number of nitrogens with one attached hydrogen (secondary N) is 1. The number of aromatic nitrogens is 2. The summed E-state index contributed by atoms with van der Waals surface area (Å²) in [6, 6.07) is 8.11. The number of rotatable bonds is 4. The number of esters is 1. The molecule has 5 nitrogen and oxygen atoms in total. The van der Waals surface area contributed by atoms with Gasteiger partial charge in [0, 0.05) is 6.54 Å². The predicted molar refractivity (Wildman–Crippen MR) is 71.9 cm³/mol. The first-order valence-electron chi connectivity index (χ1n) is 5.89. The van der Waals surface area contributed by atoms with Crippen LogP contribution in [0.4, 0.5) is 5.82 Å². The van der Waals surface area contributed by atoms with Gasteiger partial charge in [-0.2, -0.15) is 0 Å². The molecule has 0 aliphatic heterocycles. The van der Waals surface area contributed by atoms with Crippen molar-refractivity contribution in [1.82, 2.24) is 9.97 Å². The molecule has 2 rings (SSSR count). The minimum absolute atomic E-state index is 0.198. The molecule has 0 aliphatic carbocycles. The van der Waals surface area contributed by atoms with Gasteiger partial charge in [-0.05, 0) is 18.1 Å². The van der Waals surface area contributed by atoms with Crippen molar-refractivity contribution in [3.8, 4) is 0 Å². The summed E-state index contributed by atoms with van der Waals surface area (Å²) < 4.78 is 4.56. The molecule has 5 heteroatoms. The standard InChI is InChI=1S/C14H15N3O2/c1-10-5-3-4-6-11(10)7-16-13-9-15-12(8-17-13)14(18)19-2/h3-6,8-9H,7H2,1-2H3,(H,16,17). The van der Waals surface area contributed by atoms with Gasteiger partial charge in [0.2, 0.25) is 0 Å². The normalized spacial score (nSPS) is 10.0. The van der Waals surface area contributed by atoms with Crippen molar-refractivity contribution in [3.63, 3.8) is 0 Å². The zero-order chi connectivity index (χ0) is 13.7. The second-order valence-corrected chi connectivity index (χ2v) is 4.06. The monoisotopic (exact) mass is 257 g/mol. The van der Waals surface area contributed by atoms with Gasteiger partial charge in [-0.25, -0.2) is 14.8 Å². The summed E-state index contributed by atoms with van der Waals surface area (Å²) in [7, 11) is 1.31. The maximum Gasteiger partial charge on any atom is 0.358 e. The lowest BCUT2D eigenvalue weighted by Crippen LogP contribution is -2.07. The SMILES string of the molecule is COC(=O)c1cnc(NCc2ccccc2C)cn1. The summed E-state index contributed by atoms with van der Waals surface area (Å²) in [4.78, 5) is 19.3. The Morgan fingerprint density at radius 2 is 2.05 bits per heavy atom. The van der Waals surface area contributed by atoms with Gasteiger partial charge in [-0.1, -0.05) is 24.3 Å². The highest BCUT2D eigenvalue weighted by atomic mass is 16.5. The van der Waals surface area contributed by atoms with Crippen LogP contribution in [0.1, 0.15) is 21.6 Å². The fourth-order valence-corrected chi connectivity index (χ4v) is 1.62. The Bertz CT molecular complexity index is 567. The van der Waals surface area contributed by atoms with Gasteiger partial charge in [0.05, 0.1) is 19.5 Å². The highest BCUT2D eigenvalue weighted by Crippen LogP contribution is 2.09. The second-order valence-electron chi connectivity index (χ2n) is 4.06. The third-order valence-electron chi connectivity index (χ3n) is 2.77. The number of methoxy groups -OCH3 is 1. The van der Waals surface area contributed by atoms with Crippen LogP contribution >= 0.6 is 0 Å². The zero-order valence-corrected chi connectivity index (χ0v) is 10.9. The molecule has 2 aromatic rings. The number of carbonyl (C=O) groups is 1. The summed E-state index contributed by atoms with van der Waals surface area (Å²) in [6.07, 6.45) is 2.91. The van der Waals surface area contributed by atoms with E-state index >= 15 is 0 Å². The number of nitrogens with zero attached hydrogens (tertiary/aromatic N) is 2. The topological polar surface area (TPSA) is 64.1 Å². The maximum absolute atomic E-state index is 11.2. The number of ether oxygens (including phenoxy) is 1. The van der Waals surface area contributed by atoms with E-state index < -0.39 is 5.97 Å². The van der Waals surface area contributed by atoms with Crippen LogP contribution in [0.15, 0.2) is 36.7 Å². The van der Waals surface area contributed by atoms with Gasteiger partial charge < -0.3 is 10.1 Å². The summed E-state index contributed by atoms with van der Waals surface area (Å²) in [5, 5.41) is 3.16. The first-order chi connectivity index (χ1) is 9.20. The van der Waals surface area contributed by atoms with Gasteiger partial charge in [-0.15, -0.1) is 0 Å². The first kappa shape index (κ1) is 13.0. The lowest BCUT2D eigenvalue weighted by Gasteiger charge is -2.08. The molecule has 1 aromatic heterocycles. The lowest BCUT2D eigenvalue weighted by molar-refractivity contribution is 0.0593. The Balaban J connectivity index is 2.01. The summed E-state index contributed by atoms with van der Waals surface area (Å²) in [5.74, 6) is 0.133. The van der Waals surface area contributed by atoms with Crippen molar-refractivity contribution >= 4 is 11.8 Å². The molecule has 0 atom stereocenters. The van der Waals surface area contributed by atoms with Crippen molar-refractivity contribution in [2.24, 2.45) is 0 Å². The van der Waals surface area contributed by atoms with Crippen LogP contribution in [0.3, 0.4) is 0 Å². The molecule has 19 heavy (non-hydrogen) atoms. The van der Waals surface area contributed by atoms with E-state index in [4.69, 9.17) is 0 Å². The molecule has 1 aromatic carbocycles. The average Bonchev–Trinajstić information content (AvgIpc) is 2.46. The second kappa shape index (κ2) is 5.95. The Morgan fingerprint density at radius 1 is 1.26 bits per heavy atom. The number of hydrogen-bond acceptors (Lipinski definition) is 5. The molecule has 0 saturated carbocycles. The van der Waals surface area contributed by atoms with Crippen LogP contribution in [0.5, 0.6) is 0 Å². The molecule has 0 spiro atoms. The zero-order valence-electron chi connectivity index (χ0n) is 10.9. The van der Waals surface area contributed by atoms with Crippen molar-refractivity contribution in [3.05, 3.63) is 53.5 Å². The van der Waals surface area contributed by atoms with E-state index in [1.165, 1.54) is 30.6 Å². The molecule has 0 unspecified atom stereocenters. The fraction of sp³-hybridized carbons (Fsp3) is 0.214. The number of hydrogen-bond donors (Lipinski definition) is 1. The van der Waals surface area contributed by atoms with Gasteiger partial charge >= 0.3 is 5.97 Å². The molecule has 0 saturated heterocycles. The number of anilines is 1. The van der Waals surface area contributed by atoms with Crippen LogP contribution < -0.4 is 5.32 Å². The quantitative estimate of drug-likeness (QED) is 0.850. The summed E-state index contributed by atoms with van der Waals surface area (Å²) in [6.45, 7) is 2.72. The third-order valence-corrected chi connectivity index (χ3v) is 2.77. The molecule has 0 amide bonds. The van der Waals surface area contributed by atoms with Crippen molar-refractivity contribution in [1.29, 1.82) is 0 Å². The molecule has 98 valence electrons. The minimum atomic E-state index is -0.488. The largest absolute Gasteiger partial charge is 0.464 e. The van der Waals surface area contributed by atoms with E-state index in [-0.39, 0.29) is 5.69 Å². The molecular weight excluding hydrogens is 242 g/mol. The van der Waals surface area contributed by atoms with E-state index in [2.05, 4.69) is 39.1 Å². The van der Waals surface area contributed by atoms with Crippen LogP contribution in [0.2, 0.25) is 0 Å². The van der Waals surface area contributed by atoms with Crippen LogP contribution in [0.25, 0.3) is 0 Å². The smallest absolute Gasteiger partial charge is 0.358 e. The number of benzene rings is 1. The van der Waals surface area contributed by atoms with E-state index in [1.807, 2.05) is 12.1 Å². The highest BCUT2D eigenvalue weighted by molar-refractivity contribution is 5.86. The number of carbonyl (C=O) groups excluding carboxylic acids is 1. The van der Waals surface area contributed by atoms with Crippen molar-refractivity contribution < 1.29 is 9.53 Å². The minimum Gasteiger partial charge on any atom is -0.464 e. The van der Waals surface area contributed by atoms with Gasteiger partial charge in [0.15, 0.2) is 5.69 Å². The van der Waals surface area contributed by atoms with E-state index in [0.29, 0.717) is 12.4 Å². The molecular formula is C14H15N3O2. The number of aryl methyl sites for hydroxylation is 1. The summed E-state index contributed by atoms with van der Waals surface area (Å²) in [5.41, 5.74) is 2.61. The molecule has 0 bridgehead atoms. The van der Waals surface area contributed by atoms with Gasteiger partial charge in [0.25, 0.3) is 0 Å². The predicted octanol–water partition coefficient (Wildman–Crippen LogP) is 2.18. The van der Waals surface area contributed by atoms with Gasteiger partial charge in [-0.3, -0.25) is 0 Å². The maximum atomic E-state index is 11.2. The van der Waals surface area contributed by atoms with Crippen LogP contribution in [-0.4, -0.2) is 23.0 Å². The average molecular weight is 257 g/mol. The molecule has 1 heterocycles. The van der Waals surface area contributed by atoms with Crippen LogP contribution in [0, 0.1) is 6.92 Å². The third kappa shape index (κ3) is 3.28. The first-order valence-corrected chi connectivity index (χ1v) is 5.89. The van der Waals surface area contributed by atoms with Crippen molar-refractivity contribution in [2.75, 3.05) is 12.4 Å². The Hall–Kier alpha value is -2.43. The Morgan fingerprint density at radius 3 is 2.68 bits per heavy atom. The highest BCUT2D eigenvalue weighted by Gasteiger charge is 2.07. The Labute approximate surface area is 111 Å². The lowest BCUT2D eigenvalue weighted by atomic mass is 10.1.